The van der Waals surface area contributed by atoms with Gasteiger partial charge in [-0.1, -0.05) is 67.4 Å². The molecule has 6 heteroatoms. The summed E-state index contributed by atoms with van der Waals surface area (Å²) in [7, 11) is 0. The van der Waals surface area contributed by atoms with Crippen molar-refractivity contribution in [3.8, 4) is 17.6 Å². The molecule has 1 saturated carbocycles. The quantitative estimate of drug-likeness (QED) is 0.631. The van der Waals surface area contributed by atoms with Gasteiger partial charge in [0.05, 0.1) is 6.07 Å². The molecule has 2 aromatic carbocycles. The van der Waals surface area contributed by atoms with Crippen LogP contribution in [0.25, 0.3) is 0 Å². The topological polar surface area (TPSA) is 70.3 Å². The lowest BCUT2D eigenvalue weighted by molar-refractivity contribution is -0.142. The van der Waals surface area contributed by atoms with E-state index >= 15 is 0 Å². The van der Waals surface area contributed by atoms with E-state index in [4.69, 9.17) is 27.9 Å². The smallest absolute Gasteiger partial charge is 0.325 e. The van der Waals surface area contributed by atoms with Gasteiger partial charge in [-0.2, -0.15) is 5.26 Å². The van der Waals surface area contributed by atoms with Crippen LogP contribution in [0.15, 0.2) is 65.2 Å². The number of carbonyl (C=O) groups is 1. The Bertz CT molecular complexity index is 977. The molecule has 144 valence electrons. The minimum absolute atomic E-state index is 0.0526. The molecule has 0 aromatic heterocycles. The summed E-state index contributed by atoms with van der Waals surface area (Å²) < 4.78 is 5.81. The van der Waals surface area contributed by atoms with E-state index in [2.05, 4.69) is 0 Å². The summed E-state index contributed by atoms with van der Waals surface area (Å²) in [5.74, 6) is 0.139. The van der Waals surface area contributed by atoms with E-state index in [0.29, 0.717) is 11.5 Å². The third-order valence-corrected chi connectivity index (χ3v) is 6.08. The average Bonchev–Trinajstić information content (AvgIpc) is 3.03. The second-order valence-corrected chi connectivity index (χ2v) is 8.44. The van der Waals surface area contributed by atoms with Gasteiger partial charge in [-0.15, -0.1) is 0 Å². The molecule has 4 nitrogen and oxygen atoms in total. The molecule has 2 aromatic rings. The SMILES string of the molecule is CC1(C)C(C=C(Cl)Cl)(Cc2cccc(Oc3ccccc3)c2)C1(C#N)C(=O)O. The molecule has 0 aliphatic heterocycles. The number of allylic oxidation sites excluding steroid dienone is 1. The lowest BCUT2D eigenvalue weighted by Crippen LogP contribution is -2.23. The Kier molecular flexibility index (Phi) is 5.18. The van der Waals surface area contributed by atoms with Crippen molar-refractivity contribution >= 4 is 29.2 Å². The number of benzene rings is 2. The zero-order valence-corrected chi connectivity index (χ0v) is 17.0. The summed E-state index contributed by atoms with van der Waals surface area (Å²) >= 11 is 11.8. The van der Waals surface area contributed by atoms with E-state index in [1.54, 1.807) is 13.8 Å². The Labute approximate surface area is 174 Å². The van der Waals surface area contributed by atoms with Crippen LogP contribution in [-0.2, 0) is 11.2 Å². The highest BCUT2D eigenvalue weighted by Gasteiger charge is 2.86. The second-order valence-electron chi connectivity index (χ2n) is 7.44. The molecular weight excluding hydrogens is 397 g/mol. The third kappa shape index (κ3) is 2.96. The Morgan fingerprint density at radius 2 is 1.79 bits per heavy atom. The van der Waals surface area contributed by atoms with Crippen molar-refractivity contribution in [2.75, 3.05) is 0 Å². The van der Waals surface area contributed by atoms with Crippen LogP contribution in [0.1, 0.15) is 19.4 Å². The van der Waals surface area contributed by atoms with Gasteiger partial charge in [0, 0.05) is 10.8 Å². The number of ether oxygens (including phenoxy) is 1. The first kappa shape index (κ1) is 20.3. The van der Waals surface area contributed by atoms with Crippen LogP contribution in [-0.4, -0.2) is 11.1 Å². The molecule has 0 heterocycles. The lowest BCUT2D eigenvalue weighted by Gasteiger charge is -2.17. The lowest BCUT2D eigenvalue weighted by atomic mass is 9.86. The maximum Gasteiger partial charge on any atom is 0.325 e. The average molecular weight is 416 g/mol. The maximum atomic E-state index is 12.1. The number of carboxylic acid groups (broad SMARTS) is 1. The molecule has 1 aliphatic rings. The van der Waals surface area contributed by atoms with Gasteiger partial charge < -0.3 is 9.84 Å². The van der Waals surface area contributed by atoms with Gasteiger partial charge in [0.15, 0.2) is 5.41 Å². The normalized spacial score (nSPS) is 24.7. The Balaban J connectivity index is 1.99. The fourth-order valence-corrected chi connectivity index (χ4v) is 4.66. The third-order valence-electron chi connectivity index (χ3n) is 5.86. The molecule has 3 rings (SSSR count). The predicted octanol–water partition coefficient (Wildman–Crippen LogP) is 5.96. The monoisotopic (exact) mass is 415 g/mol. The number of nitrogens with zero attached hydrogens (tertiary/aromatic N) is 1. The minimum Gasteiger partial charge on any atom is -0.480 e. The second kappa shape index (κ2) is 7.16. The number of rotatable bonds is 6. The van der Waals surface area contributed by atoms with Crippen LogP contribution in [0.4, 0.5) is 0 Å². The minimum atomic E-state index is -1.62. The molecule has 0 bridgehead atoms. The number of halogens is 2. The van der Waals surface area contributed by atoms with Crippen LogP contribution >= 0.6 is 23.2 Å². The predicted molar refractivity (Wildman–Crippen MR) is 108 cm³/mol. The highest BCUT2D eigenvalue weighted by molar-refractivity contribution is 6.56. The molecule has 1 fully saturated rings. The summed E-state index contributed by atoms with van der Waals surface area (Å²) in [6.07, 6.45) is 1.78. The van der Waals surface area contributed by atoms with Crippen molar-refractivity contribution in [1.29, 1.82) is 5.26 Å². The maximum absolute atomic E-state index is 12.1. The largest absolute Gasteiger partial charge is 0.480 e. The fourth-order valence-electron chi connectivity index (χ4n) is 4.29. The summed E-state index contributed by atoms with van der Waals surface area (Å²) in [6.45, 7) is 3.50. The Morgan fingerprint density at radius 3 is 2.32 bits per heavy atom. The molecule has 0 amide bonds. The Morgan fingerprint density at radius 1 is 1.14 bits per heavy atom. The van der Waals surface area contributed by atoms with Gasteiger partial charge in [0.2, 0.25) is 0 Å². The van der Waals surface area contributed by atoms with Crippen LogP contribution in [0.3, 0.4) is 0 Å². The summed E-state index contributed by atoms with van der Waals surface area (Å²) in [5, 5.41) is 19.6. The first-order valence-electron chi connectivity index (χ1n) is 8.70. The zero-order valence-electron chi connectivity index (χ0n) is 15.4. The number of hydrogen-bond donors (Lipinski definition) is 1. The van der Waals surface area contributed by atoms with Gasteiger partial charge in [0.25, 0.3) is 0 Å². The van der Waals surface area contributed by atoms with Crippen LogP contribution < -0.4 is 4.74 Å². The Hall–Kier alpha value is -2.48. The van der Waals surface area contributed by atoms with Crippen molar-refractivity contribution in [3.05, 3.63) is 70.7 Å². The molecule has 1 aliphatic carbocycles. The van der Waals surface area contributed by atoms with Crippen molar-refractivity contribution in [3.63, 3.8) is 0 Å². The summed E-state index contributed by atoms with van der Waals surface area (Å²) in [5.41, 5.74) is -2.69. The van der Waals surface area contributed by atoms with Crippen molar-refractivity contribution < 1.29 is 14.6 Å². The molecule has 0 spiro atoms. The molecule has 0 radical (unpaired) electrons. The van der Waals surface area contributed by atoms with Crippen LogP contribution in [0, 0.1) is 27.6 Å². The number of carboxylic acids is 1. The molecule has 1 N–H and O–H groups in total. The number of hydrogen-bond acceptors (Lipinski definition) is 3. The van der Waals surface area contributed by atoms with E-state index in [-0.39, 0.29) is 10.9 Å². The summed E-state index contributed by atoms with van der Waals surface area (Å²) in [6, 6.07) is 18.7. The van der Waals surface area contributed by atoms with E-state index in [1.165, 1.54) is 6.08 Å². The first-order chi connectivity index (χ1) is 13.2. The highest BCUT2D eigenvalue weighted by Crippen LogP contribution is 2.80. The number of aliphatic carboxylic acids is 1. The molecule has 28 heavy (non-hydrogen) atoms. The summed E-state index contributed by atoms with van der Waals surface area (Å²) in [4.78, 5) is 12.1. The van der Waals surface area contributed by atoms with E-state index in [1.807, 2.05) is 60.7 Å². The highest BCUT2D eigenvalue weighted by atomic mass is 35.5. The van der Waals surface area contributed by atoms with Gasteiger partial charge >= 0.3 is 5.97 Å². The van der Waals surface area contributed by atoms with Crippen molar-refractivity contribution in [2.45, 2.75) is 20.3 Å². The molecule has 2 atom stereocenters. The van der Waals surface area contributed by atoms with Gasteiger partial charge in [0.1, 0.15) is 16.0 Å². The van der Waals surface area contributed by atoms with Gasteiger partial charge in [-0.05, 0) is 42.3 Å². The standard InChI is InChI=1S/C22H19Cl2NO3/c1-20(2)21(13-18(23)24,22(20,14-25)19(26)27)12-15-7-6-10-17(11-15)28-16-8-4-3-5-9-16/h3-11,13H,12H2,1-2H3,(H,26,27). The fraction of sp³-hybridized carbons (Fsp3) is 0.273. The van der Waals surface area contributed by atoms with E-state index < -0.39 is 22.2 Å². The molecule has 0 saturated heterocycles. The number of nitriles is 1. The zero-order chi connectivity index (χ0) is 20.6. The van der Waals surface area contributed by atoms with Gasteiger partial charge in [-0.3, -0.25) is 4.79 Å². The molecular formula is C22H19Cl2NO3. The number of para-hydroxylation sites is 1. The van der Waals surface area contributed by atoms with Crippen LogP contribution in [0.2, 0.25) is 0 Å². The molecule has 2 unspecified atom stereocenters. The van der Waals surface area contributed by atoms with E-state index in [0.717, 1.165) is 5.56 Å². The van der Waals surface area contributed by atoms with Crippen LogP contribution in [0.5, 0.6) is 11.5 Å². The van der Waals surface area contributed by atoms with Crippen molar-refractivity contribution in [1.82, 2.24) is 0 Å². The van der Waals surface area contributed by atoms with E-state index in [9.17, 15) is 15.2 Å². The van der Waals surface area contributed by atoms with Crippen molar-refractivity contribution in [2.24, 2.45) is 16.2 Å². The van der Waals surface area contributed by atoms with Gasteiger partial charge in [-0.25, -0.2) is 0 Å². The first-order valence-corrected chi connectivity index (χ1v) is 9.46.